The molecule has 0 aliphatic heterocycles. The van der Waals surface area contributed by atoms with Crippen LogP contribution in [0.4, 0.5) is 0 Å². The van der Waals surface area contributed by atoms with E-state index in [0.29, 0.717) is 12.1 Å². The van der Waals surface area contributed by atoms with Gasteiger partial charge >= 0.3 is 5.97 Å². The van der Waals surface area contributed by atoms with Crippen LogP contribution in [0.5, 0.6) is 0 Å². The molecule has 0 bridgehead atoms. The van der Waals surface area contributed by atoms with Crippen molar-refractivity contribution in [1.29, 1.82) is 0 Å². The second kappa shape index (κ2) is 6.05. The van der Waals surface area contributed by atoms with Crippen LogP contribution in [0.25, 0.3) is 0 Å². The minimum Gasteiger partial charge on any atom is -0.481 e. The fourth-order valence-corrected chi connectivity index (χ4v) is 2.70. The topological polar surface area (TPSA) is 62.5 Å². The molecule has 18 heavy (non-hydrogen) atoms. The van der Waals surface area contributed by atoms with Gasteiger partial charge in [-0.2, -0.15) is 0 Å². The van der Waals surface area contributed by atoms with Crippen LogP contribution in [0.3, 0.4) is 0 Å². The van der Waals surface area contributed by atoms with E-state index in [0.717, 1.165) is 37.9 Å². The van der Waals surface area contributed by atoms with Gasteiger partial charge in [0.25, 0.3) is 0 Å². The Hall–Kier alpha value is -1.29. The van der Waals surface area contributed by atoms with Gasteiger partial charge in [0, 0.05) is 18.5 Å². The first-order valence-corrected chi connectivity index (χ1v) is 6.66. The van der Waals surface area contributed by atoms with Gasteiger partial charge in [-0.25, -0.2) is 0 Å². The highest BCUT2D eigenvalue weighted by molar-refractivity contribution is 5.70. The lowest BCUT2D eigenvalue weighted by molar-refractivity contribution is -0.142. The second-order valence-electron chi connectivity index (χ2n) is 5.24. The van der Waals surface area contributed by atoms with Gasteiger partial charge < -0.3 is 14.8 Å². The zero-order valence-electron chi connectivity index (χ0n) is 10.8. The lowest BCUT2D eigenvalue weighted by Crippen LogP contribution is -2.40. The molecule has 0 amide bonds. The maximum atomic E-state index is 10.9. The lowest BCUT2D eigenvalue weighted by atomic mass is 9.86. The Morgan fingerprint density at radius 1 is 1.50 bits per heavy atom. The predicted octanol–water partition coefficient (Wildman–Crippen LogP) is 2.44. The number of furan rings is 1. The molecule has 1 aliphatic carbocycles. The number of nitrogens with one attached hydrogen (secondary N) is 1. The van der Waals surface area contributed by atoms with E-state index in [4.69, 9.17) is 9.52 Å². The minimum atomic E-state index is -0.642. The average molecular weight is 251 g/mol. The van der Waals surface area contributed by atoms with E-state index in [9.17, 15) is 4.79 Å². The molecule has 100 valence electrons. The van der Waals surface area contributed by atoms with Crippen molar-refractivity contribution in [2.24, 2.45) is 5.92 Å². The summed E-state index contributed by atoms with van der Waals surface area (Å²) in [5.41, 5.74) is 0. The van der Waals surface area contributed by atoms with Gasteiger partial charge in [0.05, 0.1) is 12.2 Å². The van der Waals surface area contributed by atoms with Gasteiger partial charge in [0.1, 0.15) is 5.76 Å². The Kier molecular flexibility index (Phi) is 4.42. The van der Waals surface area contributed by atoms with Gasteiger partial charge in [-0.05, 0) is 44.7 Å². The first-order valence-electron chi connectivity index (χ1n) is 6.66. The Morgan fingerprint density at radius 2 is 2.22 bits per heavy atom. The molecule has 0 saturated heterocycles. The summed E-state index contributed by atoms with van der Waals surface area (Å²) in [6, 6.07) is 4.70. The van der Waals surface area contributed by atoms with Crippen molar-refractivity contribution in [3.8, 4) is 0 Å². The number of hydrogen-bond acceptors (Lipinski definition) is 3. The van der Waals surface area contributed by atoms with Gasteiger partial charge in [0.2, 0.25) is 0 Å². The molecule has 1 aromatic rings. The average Bonchev–Trinajstić information content (AvgIpc) is 2.82. The monoisotopic (exact) mass is 251 g/mol. The van der Waals surface area contributed by atoms with Crippen LogP contribution in [0.2, 0.25) is 0 Å². The maximum Gasteiger partial charge on any atom is 0.306 e. The van der Waals surface area contributed by atoms with Crippen molar-refractivity contribution in [3.63, 3.8) is 0 Å². The molecule has 4 nitrogen and oxygen atoms in total. The Morgan fingerprint density at radius 3 is 2.78 bits per heavy atom. The molecule has 1 aromatic heterocycles. The van der Waals surface area contributed by atoms with E-state index in [1.165, 1.54) is 0 Å². The normalized spacial score (nSPS) is 25.8. The summed E-state index contributed by atoms with van der Waals surface area (Å²) in [6.07, 6.45) is 6.08. The summed E-state index contributed by atoms with van der Waals surface area (Å²) in [6.45, 7) is 2.14. The van der Waals surface area contributed by atoms with Crippen molar-refractivity contribution >= 4 is 5.97 Å². The van der Waals surface area contributed by atoms with Crippen LogP contribution in [0, 0.1) is 5.92 Å². The van der Waals surface area contributed by atoms with Crippen molar-refractivity contribution in [2.45, 2.75) is 51.1 Å². The molecule has 2 rings (SSSR count). The summed E-state index contributed by atoms with van der Waals surface area (Å²) in [5, 5.41) is 12.5. The van der Waals surface area contributed by atoms with E-state index in [2.05, 4.69) is 12.2 Å². The minimum absolute atomic E-state index is 0.136. The van der Waals surface area contributed by atoms with Crippen LogP contribution in [0.15, 0.2) is 22.8 Å². The van der Waals surface area contributed by atoms with Crippen LogP contribution < -0.4 is 5.32 Å². The summed E-state index contributed by atoms with van der Waals surface area (Å²) in [7, 11) is 0. The van der Waals surface area contributed by atoms with Crippen LogP contribution in [0.1, 0.15) is 38.4 Å². The first kappa shape index (κ1) is 13.1. The van der Waals surface area contributed by atoms with Gasteiger partial charge in [-0.15, -0.1) is 0 Å². The van der Waals surface area contributed by atoms with E-state index in [1.54, 1.807) is 6.26 Å². The number of carbonyl (C=O) groups is 1. The fraction of sp³-hybridized carbons (Fsp3) is 0.643. The van der Waals surface area contributed by atoms with Gasteiger partial charge in [0.15, 0.2) is 0 Å². The van der Waals surface area contributed by atoms with E-state index in [-0.39, 0.29) is 5.92 Å². The highest BCUT2D eigenvalue weighted by atomic mass is 16.4. The van der Waals surface area contributed by atoms with Crippen molar-refractivity contribution in [3.05, 3.63) is 24.2 Å². The molecular formula is C14H21NO3. The summed E-state index contributed by atoms with van der Waals surface area (Å²) >= 11 is 0. The predicted molar refractivity (Wildman–Crippen MR) is 68.4 cm³/mol. The third kappa shape index (κ3) is 3.60. The molecule has 1 fully saturated rings. The quantitative estimate of drug-likeness (QED) is 0.843. The molecule has 1 unspecified atom stereocenters. The fourth-order valence-electron chi connectivity index (χ4n) is 2.70. The molecule has 2 N–H and O–H groups in total. The number of rotatable bonds is 5. The molecule has 0 aromatic carbocycles. The summed E-state index contributed by atoms with van der Waals surface area (Å²) in [5.74, 6) is 0.217. The van der Waals surface area contributed by atoms with E-state index < -0.39 is 5.97 Å². The van der Waals surface area contributed by atoms with E-state index >= 15 is 0 Å². The van der Waals surface area contributed by atoms with Crippen molar-refractivity contribution < 1.29 is 14.3 Å². The first-order chi connectivity index (χ1) is 8.65. The van der Waals surface area contributed by atoms with Crippen molar-refractivity contribution in [2.75, 3.05) is 0 Å². The Bertz CT molecular complexity index is 366. The smallest absolute Gasteiger partial charge is 0.306 e. The van der Waals surface area contributed by atoms with E-state index in [1.807, 2.05) is 12.1 Å². The zero-order chi connectivity index (χ0) is 13.0. The molecule has 1 heterocycles. The molecule has 4 heteroatoms. The number of aliphatic carboxylic acids is 1. The van der Waals surface area contributed by atoms with Gasteiger partial charge in [-0.1, -0.05) is 0 Å². The molecule has 0 spiro atoms. The lowest BCUT2D eigenvalue weighted by Gasteiger charge is -2.29. The maximum absolute atomic E-state index is 10.9. The SMILES string of the molecule is CC(Cc1ccco1)NC1CCC(C(=O)O)CC1. The van der Waals surface area contributed by atoms with Crippen LogP contribution >= 0.6 is 0 Å². The molecule has 1 saturated carbocycles. The molecule has 1 atom stereocenters. The third-order valence-corrected chi connectivity index (χ3v) is 3.68. The molecule has 0 radical (unpaired) electrons. The highest BCUT2D eigenvalue weighted by Gasteiger charge is 2.26. The summed E-state index contributed by atoms with van der Waals surface area (Å²) < 4.78 is 5.32. The highest BCUT2D eigenvalue weighted by Crippen LogP contribution is 2.24. The zero-order valence-corrected chi connectivity index (χ0v) is 10.8. The number of carboxylic acid groups (broad SMARTS) is 1. The third-order valence-electron chi connectivity index (χ3n) is 3.68. The molecular weight excluding hydrogens is 230 g/mol. The number of hydrogen-bond donors (Lipinski definition) is 2. The summed E-state index contributed by atoms with van der Waals surface area (Å²) in [4.78, 5) is 10.9. The van der Waals surface area contributed by atoms with Crippen LogP contribution in [-0.4, -0.2) is 23.2 Å². The van der Waals surface area contributed by atoms with Crippen LogP contribution in [-0.2, 0) is 11.2 Å². The number of carboxylic acids is 1. The second-order valence-corrected chi connectivity index (χ2v) is 5.24. The largest absolute Gasteiger partial charge is 0.481 e. The Labute approximate surface area is 107 Å². The van der Waals surface area contributed by atoms with Crippen molar-refractivity contribution in [1.82, 2.24) is 5.32 Å². The molecule has 1 aliphatic rings. The Balaban J connectivity index is 1.72. The standard InChI is InChI=1S/C14H21NO3/c1-10(9-13-3-2-8-18-13)15-12-6-4-11(5-7-12)14(16)17/h2-3,8,10-12,15H,4-7,9H2,1H3,(H,16,17). The van der Waals surface area contributed by atoms with Gasteiger partial charge in [-0.3, -0.25) is 4.79 Å².